The van der Waals surface area contributed by atoms with Crippen LogP contribution in [-0.2, 0) is 13.2 Å². The van der Waals surface area contributed by atoms with Gasteiger partial charge in [-0.3, -0.25) is 4.68 Å². The van der Waals surface area contributed by atoms with Gasteiger partial charge in [0.25, 0.3) is 6.43 Å². The molecule has 0 spiro atoms. The van der Waals surface area contributed by atoms with Gasteiger partial charge in [-0.05, 0) is 0 Å². The third-order valence-corrected chi connectivity index (χ3v) is 1.17. The quantitative estimate of drug-likeness (QED) is 0.663. The maximum absolute atomic E-state index is 11.8. The third-order valence-electron chi connectivity index (χ3n) is 1.17. The van der Waals surface area contributed by atoms with E-state index in [4.69, 9.17) is 0 Å². The molecule has 0 atom stereocenters. The molecule has 0 unspecified atom stereocenters. The first-order valence-corrected chi connectivity index (χ1v) is 3.08. The molecule has 2 nitrogen and oxygen atoms in total. The molecule has 0 N–H and O–H groups in total. The predicted molar refractivity (Wildman–Crippen MR) is 33.0 cm³/mol. The van der Waals surface area contributed by atoms with E-state index in [1.807, 2.05) is 0 Å². The number of aromatic nitrogens is 2. The van der Waals surface area contributed by atoms with E-state index in [0.717, 1.165) is 4.68 Å². The summed E-state index contributed by atoms with van der Waals surface area (Å²) in [6.45, 7) is -1.14. The summed E-state index contributed by atoms with van der Waals surface area (Å²) >= 11 is 0. The second-order valence-electron chi connectivity index (χ2n) is 2.10. The molecule has 0 saturated heterocycles. The first-order valence-electron chi connectivity index (χ1n) is 3.08. The molecule has 62 valence electrons. The molecule has 1 aromatic heterocycles. The van der Waals surface area contributed by atoms with Gasteiger partial charge in [0.15, 0.2) is 0 Å². The topological polar surface area (TPSA) is 17.8 Å². The zero-order valence-corrected chi connectivity index (χ0v) is 5.67. The Morgan fingerprint density at radius 2 is 2.27 bits per heavy atom. The van der Waals surface area contributed by atoms with Crippen molar-refractivity contribution in [2.45, 2.75) is 19.6 Å². The van der Waals surface area contributed by atoms with E-state index in [-0.39, 0.29) is 0 Å². The van der Waals surface area contributed by atoms with Gasteiger partial charge in [-0.15, -0.1) is 0 Å². The highest BCUT2D eigenvalue weighted by Gasteiger charge is 2.04. The second kappa shape index (κ2) is 3.41. The van der Waals surface area contributed by atoms with Crippen molar-refractivity contribution in [2.75, 3.05) is 0 Å². The zero-order valence-electron chi connectivity index (χ0n) is 5.67. The van der Waals surface area contributed by atoms with Gasteiger partial charge in [0.2, 0.25) is 0 Å². The van der Waals surface area contributed by atoms with Crippen molar-refractivity contribution in [3.63, 3.8) is 0 Å². The summed E-state index contributed by atoms with van der Waals surface area (Å²) in [5, 5.41) is 3.52. The number of rotatable bonds is 3. The molecule has 1 heterocycles. The summed E-state index contributed by atoms with van der Waals surface area (Å²) in [4.78, 5) is 0. The lowest BCUT2D eigenvalue weighted by Crippen LogP contribution is -2.06. The molecule has 5 heteroatoms. The molecule has 11 heavy (non-hydrogen) atoms. The maximum atomic E-state index is 11.8. The molecule has 0 amide bonds. The highest BCUT2D eigenvalue weighted by atomic mass is 19.3. The number of halogens is 3. The smallest absolute Gasteiger partial charge is 0.257 e. The molecule has 1 aromatic rings. The van der Waals surface area contributed by atoms with Gasteiger partial charge in [0, 0.05) is 11.8 Å². The van der Waals surface area contributed by atoms with E-state index >= 15 is 0 Å². The Bertz CT molecular complexity index is 221. The van der Waals surface area contributed by atoms with Crippen LogP contribution in [0.1, 0.15) is 5.56 Å². The lowest BCUT2D eigenvalue weighted by molar-refractivity contribution is 0.122. The van der Waals surface area contributed by atoms with Gasteiger partial charge >= 0.3 is 0 Å². The van der Waals surface area contributed by atoms with Crippen LogP contribution in [0.2, 0.25) is 0 Å². The highest BCUT2D eigenvalue weighted by molar-refractivity contribution is 5.01. The van der Waals surface area contributed by atoms with Crippen molar-refractivity contribution in [1.29, 1.82) is 0 Å². The van der Waals surface area contributed by atoms with Crippen LogP contribution in [0.3, 0.4) is 0 Å². The van der Waals surface area contributed by atoms with E-state index in [2.05, 4.69) is 5.10 Å². The number of alkyl halides is 3. The van der Waals surface area contributed by atoms with E-state index in [0.29, 0.717) is 5.56 Å². The van der Waals surface area contributed by atoms with Crippen molar-refractivity contribution >= 4 is 0 Å². The van der Waals surface area contributed by atoms with E-state index in [1.54, 1.807) is 0 Å². The Morgan fingerprint density at radius 3 is 2.73 bits per heavy atom. The molecule has 0 aromatic carbocycles. The Morgan fingerprint density at radius 1 is 1.55 bits per heavy atom. The average molecular weight is 164 g/mol. The zero-order chi connectivity index (χ0) is 8.27. The lowest BCUT2D eigenvalue weighted by Gasteiger charge is -1.97. The summed E-state index contributed by atoms with van der Waals surface area (Å²) in [7, 11) is 0. The predicted octanol–water partition coefficient (Wildman–Crippen LogP) is 1.62. The normalized spacial score (nSPS) is 10.9. The Balaban J connectivity index is 2.58. The van der Waals surface area contributed by atoms with Crippen LogP contribution in [0.15, 0.2) is 12.4 Å². The third kappa shape index (κ3) is 2.25. The minimum atomic E-state index is -2.44. The van der Waals surface area contributed by atoms with Gasteiger partial charge in [-0.25, -0.2) is 13.2 Å². The second-order valence-corrected chi connectivity index (χ2v) is 2.10. The summed E-state index contributed by atoms with van der Waals surface area (Å²) in [6, 6.07) is 0. The largest absolute Gasteiger partial charge is 0.267 e. The summed E-state index contributed by atoms with van der Waals surface area (Å²) in [6.07, 6.45) is 0.0662. The van der Waals surface area contributed by atoms with Crippen LogP contribution in [0.4, 0.5) is 13.2 Å². The van der Waals surface area contributed by atoms with Crippen molar-refractivity contribution in [2.24, 2.45) is 0 Å². The maximum Gasteiger partial charge on any atom is 0.257 e. The van der Waals surface area contributed by atoms with Crippen LogP contribution in [0, 0.1) is 0 Å². The summed E-state index contributed by atoms with van der Waals surface area (Å²) in [5.41, 5.74) is 0.325. The van der Waals surface area contributed by atoms with Gasteiger partial charge < -0.3 is 0 Å². The summed E-state index contributed by atoms with van der Waals surface area (Å²) in [5.74, 6) is 0. The SMILES string of the molecule is FCc1cnn(CC(F)F)c1. The molecule has 0 bridgehead atoms. The van der Waals surface area contributed by atoms with Crippen molar-refractivity contribution in [1.82, 2.24) is 9.78 Å². The standard InChI is InChI=1S/C6H7F3N2/c7-1-5-2-10-11(3-5)4-6(8)9/h2-3,6H,1,4H2. The molecule has 0 fully saturated rings. The molecular weight excluding hydrogens is 157 g/mol. The Labute approximate surface area is 61.6 Å². The molecule has 0 radical (unpaired) electrons. The van der Waals surface area contributed by atoms with E-state index < -0.39 is 19.6 Å². The average Bonchev–Trinajstić information content (AvgIpc) is 2.34. The molecule has 0 aliphatic heterocycles. The summed E-state index contributed by atoms with van der Waals surface area (Å²) < 4.78 is 36.2. The molecule has 1 rings (SSSR count). The van der Waals surface area contributed by atoms with Crippen molar-refractivity contribution < 1.29 is 13.2 Å². The molecule has 0 aliphatic rings. The molecule has 0 aliphatic carbocycles. The lowest BCUT2D eigenvalue weighted by atomic mass is 10.4. The fraction of sp³-hybridized carbons (Fsp3) is 0.500. The first kappa shape index (κ1) is 8.10. The van der Waals surface area contributed by atoms with Crippen molar-refractivity contribution in [3.8, 4) is 0 Å². The van der Waals surface area contributed by atoms with Gasteiger partial charge in [0.05, 0.1) is 6.20 Å². The van der Waals surface area contributed by atoms with Crippen LogP contribution in [0.5, 0.6) is 0 Å². The number of hydrogen-bond donors (Lipinski definition) is 0. The van der Waals surface area contributed by atoms with Crippen LogP contribution in [-0.4, -0.2) is 16.2 Å². The van der Waals surface area contributed by atoms with Gasteiger partial charge in [-0.2, -0.15) is 5.10 Å². The van der Waals surface area contributed by atoms with Crippen LogP contribution >= 0.6 is 0 Å². The van der Waals surface area contributed by atoms with Crippen molar-refractivity contribution in [3.05, 3.63) is 18.0 Å². The highest BCUT2D eigenvalue weighted by Crippen LogP contribution is 2.02. The minimum Gasteiger partial charge on any atom is -0.267 e. The fourth-order valence-electron chi connectivity index (χ4n) is 0.717. The van der Waals surface area contributed by atoms with Gasteiger partial charge in [-0.1, -0.05) is 0 Å². The molecular formula is C6H7F3N2. The fourth-order valence-corrected chi connectivity index (χ4v) is 0.717. The number of nitrogens with zero attached hydrogens (tertiary/aromatic N) is 2. The Hall–Kier alpha value is -1.00. The first-order chi connectivity index (χ1) is 5.22. The van der Waals surface area contributed by atoms with E-state index in [9.17, 15) is 13.2 Å². The van der Waals surface area contributed by atoms with Crippen LogP contribution in [0.25, 0.3) is 0 Å². The van der Waals surface area contributed by atoms with E-state index in [1.165, 1.54) is 12.4 Å². The minimum absolute atomic E-state index is 0.325. The Kier molecular flexibility index (Phi) is 2.51. The monoisotopic (exact) mass is 164 g/mol. The number of hydrogen-bond acceptors (Lipinski definition) is 1. The molecule has 0 saturated carbocycles. The van der Waals surface area contributed by atoms with Gasteiger partial charge in [0.1, 0.15) is 13.2 Å². The van der Waals surface area contributed by atoms with Crippen LogP contribution < -0.4 is 0 Å².